The van der Waals surface area contributed by atoms with E-state index in [4.69, 9.17) is 4.74 Å². The van der Waals surface area contributed by atoms with Gasteiger partial charge in [-0.25, -0.2) is 4.79 Å². The molecule has 2 aromatic carbocycles. The van der Waals surface area contributed by atoms with Crippen molar-refractivity contribution in [2.45, 2.75) is 25.8 Å². The van der Waals surface area contributed by atoms with Crippen LogP contribution in [0.5, 0.6) is 0 Å². The number of hydrogen-bond acceptors (Lipinski definition) is 3. The van der Waals surface area contributed by atoms with Crippen LogP contribution in [0, 0.1) is 0 Å². The van der Waals surface area contributed by atoms with Crippen molar-refractivity contribution in [1.29, 1.82) is 0 Å². The van der Waals surface area contributed by atoms with Gasteiger partial charge in [-0.1, -0.05) is 40.2 Å². The number of aromatic nitrogens is 1. The Balaban J connectivity index is 2.00. The summed E-state index contributed by atoms with van der Waals surface area (Å²) in [7, 11) is 1.37. The zero-order chi connectivity index (χ0) is 18.3. The van der Waals surface area contributed by atoms with Crippen LogP contribution in [0.3, 0.4) is 0 Å². The molecule has 0 spiro atoms. The fourth-order valence-electron chi connectivity index (χ4n) is 3.81. The van der Waals surface area contributed by atoms with E-state index in [2.05, 4.69) is 26.6 Å². The SMILES string of the molecule is COC(=O)c1cccc2c1c1c(n2Cc2ccccc2Br)CCCC1=O. The van der Waals surface area contributed by atoms with E-state index in [1.807, 2.05) is 30.3 Å². The number of benzene rings is 2. The molecule has 1 aromatic heterocycles. The molecule has 0 atom stereocenters. The van der Waals surface area contributed by atoms with Crippen LogP contribution in [-0.2, 0) is 17.7 Å². The fraction of sp³-hybridized carbons (Fsp3) is 0.238. The van der Waals surface area contributed by atoms with Crippen molar-refractivity contribution in [2.24, 2.45) is 0 Å². The van der Waals surface area contributed by atoms with Crippen LogP contribution in [0.1, 0.15) is 44.8 Å². The number of fused-ring (bicyclic) bond motifs is 3. The predicted octanol–water partition coefficient (Wildman–Crippen LogP) is 4.76. The molecule has 0 bridgehead atoms. The highest BCUT2D eigenvalue weighted by Crippen LogP contribution is 2.35. The lowest BCUT2D eigenvalue weighted by atomic mass is 9.92. The summed E-state index contributed by atoms with van der Waals surface area (Å²) in [6.45, 7) is 0.644. The van der Waals surface area contributed by atoms with Crippen LogP contribution >= 0.6 is 15.9 Å². The number of methoxy groups -OCH3 is 1. The zero-order valence-corrected chi connectivity index (χ0v) is 16.0. The smallest absolute Gasteiger partial charge is 0.338 e. The highest BCUT2D eigenvalue weighted by molar-refractivity contribution is 9.10. The molecule has 0 unspecified atom stereocenters. The molecule has 132 valence electrons. The lowest BCUT2D eigenvalue weighted by Gasteiger charge is -2.16. The number of hydrogen-bond donors (Lipinski definition) is 0. The standard InChI is InChI=1S/C21H18BrNO3/c1-26-21(25)14-7-4-9-16-19(14)20-17(10-5-11-18(20)24)23(16)12-13-6-2-3-8-15(13)22/h2-4,6-9H,5,10-12H2,1H3. The lowest BCUT2D eigenvalue weighted by molar-refractivity contribution is 0.0603. The van der Waals surface area contributed by atoms with Gasteiger partial charge in [0.15, 0.2) is 5.78 Å². The minimum absolute atomic E-state index is 0.110. The molecule has 26 heavy (non-hydrogen) atoms. The second-order valence-electron chi connectivity index (χ2n) is 6.47. The molecule has 1 aliphatic carbocycles. The molecule has 4 nitrogen and oxygen atoms in total. The Bertz CT molecular complexity index is 1040. The Morgan fingerprint density at radius 2 is 1.96 bits per heavy atom. The number of nitrogens with zero attached hydrogens (tertiary/aromatic N) is 1. The second-order valence-corrected chi connectivity index (χ2v) is 7.32. The first-order valence-electron chi connectivity index (χ1n) is 8.61. The van der Waals surface area contributed by atoms with E-state index in [1.165, 1.54) is 7.11 Å². The van der Waals surface area contributed by atoms with Crippen LogP contribution in [0.15, 0.2) is 46.9 Å². The summed E-state index contributed by atoms with van der Waals surface area (Å²) in [5, 5.41) is 0.728. The van der Waals surface area contributed by atoms with Gasteiger partial charge in [0.25, 0.3) is 0 Å². The largest absolute Gasteiger partial charge is 0.465 e. The summed E-state index contributed by atoms with van der Waals surface area (Å²) < 4.78 is 8.15. The van der Waals surface area contributed by atoms with E-state index in [9.17, 15) is 9.59 Å². The number of carbonyl (C=O) groups is 2. The van der Waals surface area contributed by atoms with E-state index in [1.54, 1.807) is 6.07 Å². The van der Waals surface area contributed by atoms with Crippen molar-refractivity contribution in [3.05, 3.63) is 69.3 Å². The van der Waals surface area contributed by atoms with Gasteiger partial charge in [-0.05, 0) is 36.6 Å². The molecular formula is C21H18BrNO3. The molecule has 0 radical (unpaired) electrons. The van der Waals surface area contributed by atoms with E-state index < -0.39 is 5.97 Å². The zero-order valence-electron chi connectivity index (χ0n) is 14.4. The lowest BCUT2D eigenvalue weighted by Crippen LogP contribution is -2.14. The van der Waals surface area contributed by atoms with Crippen molar-refractivity contribution in [3.8, 4) is 0 Å². The Kier molecular flexibility index (Phi) is 4.41. The minimum atomic E-state index is -0.408. The van der Waals surface area contributed by atoms with Crippen molar-refractivity contribution < 1.29 is 14.3 Å². The number of ketones is 1. The summed E-state index contributed by atoms with van der Waals surface area (Å²) in [4.78, 5) is 25.0. The molecule has 0 saturated carbocycles. The average Bonchev–Trinajstić information content (AvgIpc) is 2.98. The summed E-state index contributed by atoms with van der Waals surface area (Å²) in [5.41, 5.74) is 4.21. The molecule has 1 heterocycles. The monoisotopic (exact) mass is 411 g/mol. The predicted molar refractivity (Wildman–Crippen MR) is 104 cm³/mol. The highest BCUT2D eigenvalue weighted by Gasteiger charge is 2.29. The molecule has 0 saturated heterocycles. The van der Waals surface area contributed by atoms with Crippen LogP contribution in [0.4, 0.5) is 0 Å². The molecule has 1 aliphatic rings. The maximum Gasteiger partial charge on any atom is 0.338 e. The maximum atomic E-state index is 12.7. The number of ether oxygens (including phenoxy) is 1. The van der Waals surface area contributed by atoms with Crippen molar-refractivity contribution in [1.82, 2.24) is 4.57 Å². The highest BCUT2D eigenvalue weighted by atomic mass is 79.9. The van der Waals surface area contributed by atoms with Crippen LogP contribution in [0.2, 0.25) is 0 Å². The maximum absolute atomic E-state index is 12.7. The molecule has 4 rings (SSSR count). The van der Waals surface area contributed by atoms with Crippen LogP contribution in [0.25, 0.3) is 10.9 Å². The van der Waals surface area contributed by atoms with Gasteiger partial charge in [0.1, 0.15) is 0 Å². The second kappa shape index (κ2) is 6.72. The van der Waals surface area contributed by atoms with Gasteiger partial charge in [0.2, 0.25) is 0 Å². The third-order valence-corrected chi connectivity index (χ3v) is 5.76. The van der Waals surface area contributed by atoms with Gasteiger partial charge in [-0.3, -0.25) is 4.79 Å². The molecular weight excluding hydrogens is 394 g/mol. The summed E-state index contributed by atoms with van der Waals surface area (Å²) in [5.74, 6) is -0.298. The third kappa shape index (κ3) is 2.67. The summed E-state index contributed by atoms with van der Waals surface area (Å²) in [6.07, 6.45) is 2.20. The molecule has 0 fully saturated rings. The first-order valence-corrected chi connectivity index (χ1v) is 9.40. The van der Waals surface area contributed by atoms with Gasteiger partial charge in [0, 0.05) is 34.1 Å². The Morgan fingerprint density at radius 1 is 1.15 bits per heavy atom. The van der Waals surface area contributed by atoms with Gasteiger partial charge < -0.3 is 9.30 Å². The number of halogens is 1. The van der Waals surface area contributed by atoms with E-state index in [0.717, 1.165) is 39.5 Å². The van der Waals surface area contributed by atoms with Crippen molar-refractivity contribution in [2.75, 3.05) is 7.11 Å². The molecule has 5 heteroatoms. The van der Waals surface area contributed by atoms with Gasteiger partial charge in [-0.2, -0.15) is 0 Å². The Labute approximate surface area is 159 Å². The van der Waals surface area contributed by atoms with Crippen molar-refractivity contribution in [3.63, 3.8) is 0 Å². The van der Waals surface area contributed by atoms with Crippen LogP contribution in [-0.4, -0.2) is 23.4 Å². The summed E-state index contributed by atoms with van der Waals surface area (Å²) in [6, 6.07) is 13.6. The Morgan fingerprint density at radius 3 is 2.73 bits per heavy atom. The average molecular weight is 412 g/mol. The number of Topliss-reactive ketones (excluding diaryl/α,β-unsaturated/α-hetero) is 1. The number of rotatable bonds is 3. The van der Waals surface area contributed by atoms with E-state index >= 15 is 0 Å². The fourth-order valence-corrected chi connectivity index (χ4v) is 4.22. The normalized spacial score (nSPS) is 13.7. The molecule has 0 amide bonds. The van der Waals surface area contributed by atoms with E-state index in [0.29, 0.717) is 24.1 Å². The first kappa shape index (κ1) is 17.0. The quantitative estimate of drug-likeness (QED) is 0.583. The number of esters is 1. The third-order valence-electron chi connectivity index (χ3n) is 4.99. The van der Waals surface area contributed by atoms with Gasteiger partial charge in [0.05, 0.1) is 18.2 Å². The number of carbonyl (C=O) groups excluding carboxylic acids is 2. The van der Waals surface area contributed by atoms with Gasteiger partial charge in [-0.15, -0.1) is 0 Å². The van der Waals surface area contributed by atoms with Crippen molar-refractivity contribution >= 4 is 38.6 Å². The first-order chi connectivity index (χ1) is 12.6. The topological polar surface area (TPSA) is 48.3 Å². The molecule has 3 aromatic rings. The van der Waals surface area contributed by atoms with E-state index in [-0.39, 0.29) is 5.78 Å². The molecule has 0 aliphatic heterocycles. The summed E-state index contributed by atoms with van der Waals surface area (Å²) >= 11 is 3.61. The molecule has 0 N–H and O–H groups in total. The van der Waals surface area contributed by atoms with Gasteiger partial charge >= 0.3 is 5.97 Å². The Hall–Kier alpha value is -2.40. The van der Waals surface area contributed by atoms with Crippen LogP contribution < -0.4 is 0 Å². The minimum Gasteiger partial charge on any atom is -0.465 e.